The molecular formula is C12H17ClN2. The quantitative estimate of drug-likeness (QED) is 0.850. The second-order valence-corrected chi connectivity index (χ2v) is 4.63. The van der Waals surface area contributed by atoms with Gasteiger partial charge in [-0.3, -0.25) is 4.90 Å². The maximum atomic E-state index is 6.24. The third-order valence-electron chi connectivity index (χ3n) is 3.29. The largest absolute Gasteiger partial charge is 0.329 e. The Balaban J connectivity index is 2.26. The smallest absolute Gasteiger partial charge is 0.0474 e. The lowest BCUT2D eigenvalue weighted by atomic mass is 10.0. The molecule has 1 fully saturated rings. The van der Waals surface area contributed by atoms with Crippen molar-refractivity contribution in [2.45, 2.75) is 18.4 Å². The molecule has 15 heavy (non-hydrogen) atoms. The molecule has 0 radical (unpaired) electrons. The molecule has 82 valence electrons. The molecule has 1 aliphatic carbocycles. The average molecular weight is 225 g/mol. The summed E-state index contributed by atoms with van der Waals surface area (Å²) in [5.41, 5.74) is 7.01. The molecule has 1 aromatic carbocycles. The molecule has 0 bridgehead atoms. The lowest BCUT2D eigenvalue weighted by Gasteiger charge is -2.28. The highest BCUT2D eigenvalue weighted by Gasteiger charge is 2.48. The molecule has 0 aromatic heterocycles. The van der Waals surface area contributed by atoms with E-state index in [1.807, 2.05) is 12.1 Å². The van der Waals surface area contributed by atoms with Gasteiger partial charge in [-0.1, -0.05) is 29.8 Å². The fourth-order valence-electron chi connectivity index (χ4n) is 2.22. The molecule has 1 aliphatic rings. The van der Waals surface area contributed by atoms with Crippen molar-refractivity contribution in [3.05, 3.63) is 34.9 Å². The minimum atomic E-state index is 0.164. The van der Waals surface area contributed by atoms with Crippen molar-refractivity contribution < 1.29 is 0 Å². The Kier molecular flexibility index (Phi) is 3.01. The third kappa shape index (κ3) is 1.89. The van der Waals surface area contributed by atoms with Crippen molar-refractivity contribution in [2.24, 2.45) is 5.73 Å². The maximum Gasteiger partial charge on any atom is 0.0474 e. The van der Waals surface area contributed by atoms with E-state index in [-0.39, 0.29) is 5.54 Å². The van der Waals surface area contributed by atoms with Crippen molar-refractivity contribution in [1.82, 2.24) is 4.90 Å². The number of likely N-dealkylation sites (N-methyl/N-ethyl adjacent to an activating group) is 1. The maximum absolute atomic E-state index is 6.24. The molecule has 0 unspecified atom stereocenters. The first-order chi connectivity index (χ1) is 7.20. The van der Waals surface area contributed by atoms with E-state index in [0.29, 0.717) is 6.54 Å². The van der Waals surface area contributed by atoms with Crippen LogP contribution in [0.4, 0.5) is 0 Å². The van der Waals surface area contributed by atoms with Gasteiger partial charge in [0.1, 0.15) is 0 Å². The van der Waals surface area contributed by atoms with Gasteiger partial charge in [0, 0.05) is 23.7 Å². The molecule has 0 spiro atoms. The minimum Gasteiger partial charge on any atom is -0.329 e. The lowest BCUT2D eigenvalue weighted by Crippen LogP contribution is -2.35. The van der Waals surface area contributed by atoms with Crippen molar-refractivity contribution in [2.75, 3.05) is 20.1 Å². The highest BCUT2D eigenvalue weighted by molar-refractivity contribution is 6.31. The van der Waals surface area contributed by atoms with Crippen molar-refractivity contribution in [3.63, 3.8) is 0 Å². The fourth-order valence-corrected chi connectivity index (χ4v) is 2.53. The van der Waals surface area contributed by atoms with Crippen LogP contribution in [0.3, 0.4) is 0 Å². The van der Waals surface area contributed by atoms with Crippen LogP contribution >= 0.6 is 11.6 Å². The number of benzene rings is 1. The standard InChI is InChI=1S/C12H17ClN2/c1-15(9-8-14)12(6-7-12)10-4-2-3-5-11(10)13/h2-5H,6-9,14H2,1H3. The molecule has 2 rings (SSSR count). The molecule has 1 aromatic rings. The summed E-state index contributed by atoms with van der Waals surface area (Å²) in [5, 5.41) is 0.874. The summed E-state index contributed by atoms with van der Waals surface area (Å²) in [6, 6.07) is 8.12. The van der Waals surface area contributed by atoms with Crippen LogP contribution in [-0.2, 0) is 5.54 Å². The van der Waals surface area contributed by atoms with E-state index >= 15 is 0 Å². The van der Waals surface area contributed by atoms with Gasteiger partial charge in [0.15, 0.2) is 0 Å². The topological polar surface area (TPSA) is 29.3 Å². The second kappa shape index (κ2) is 4.12. The van der Waals surface area contributed by atoms with E-state index in [1.54, 1.807) is 0 Å². The zero-order chi connectivity index (χ0) is 10.9. The predicted octanol–water partition coefficient (Wildman–Crippen LogP) is 2.22. The predicted molar refractivity (Wildman–Crippen MR) is 64.0 cm³/mol. The van der Waals surface area contributed by atoms with Gasteiger partial charge in [-0.2, -0.15) is 0 Å². The van der Waals surface area contributed by atoms with Crippen LogP contribution in [0, 0.1) is 0 Å². The molecule has 0 atom stereocenters. The highest BCUT2D eigenvalue weighted by Crippen LogP contribution is 2.52. The van der Waals surface area contributed by atoms with Crippen molar-refractivity contribution in [3.8, 4) is 0 Å². The van der Waals surface area contributed by atoms with Crippen molar-refractivity contribution in [1.29, 1.82) is 0 Å². The summed E-state index contributed by atoms with van der Waals surface area (Å²) in [5.74, 6) is 0. The van der Waals surface area contributed by atoms with Crippen LogP contribution in [0.2, 0.25) is 5.02 Å². The molecule has 0 aliphatic heterocycles. The first-order valence-corrected chi connectivity index (χ1v) is 5.75. The number of halogens is 1. The lowest BCUT2D eigenvalue weighted by molar-refractivity contribution is 0.229. The molecule has 2 N–H and O–H groups in total. The minimum absolute atomic E-state index is 0.164. The summed E-state index contributed by atoms with van der Waals surface area (Å²) in [6.07, 6.45) is 2.38. The molecule has 0 amide bonds. The van der Waals surface area contributed by atoms with E-state index in [1.165, 1.54) is 18.4 Å². The van der Waals surface area contributed by atoms with Gasteiger partial charge < -0.3 is 5.73 Å². The van der Waals surface area contributed by atoms with Crippen LogP contribution in [-0.4, -0.2) is 25.0 Å². The van der Waals surface area contributed by atoms with Gasteiger partial charge in [-0.05, 0) is 31.5 Å². The van der Waals surface area contributed by atoms with E-state index < -0.39 is 0 Å². The SMILES string of the molecule is CN(CCN)C1(c2ccccc2Cl)CC1. The van der Waals surface area contributed by atoms with Gasteiger partial charge in [-0.25, -0.2) is 0 Å². The zero-order valence-electron chi connectivity index (χ0n) is 9.04. The first kappa shape index (κ1) is 10.9. The molecular weight excluding hydrogens is 208 g/mol. The Morgan fingerprint density at radius 3 is 2.60 bits per heavy atom. The van der Waals surface area contributed by atoms with Crippen molar-refractivity contribution >= 4 is 11.6 Å². The Morgan fingerprint density at radius 1 is 1.40 bits per heavy atom. The van der Waals surface area contributed by atoms with E-state index in [4.69, 9.17) is 17.3 Å². The Morgan fingerprint density at radius 2 is 2.07 bits per heavy atom. The molecule has 3 heteroatoms. The van der Waals surface area contributed by atoms with Crippen LogP contribution < -0.4 is 5.73 Å². The van der Waals surface area contributed by atoms with Crippen LogP contribution in [0.15, 0.2) is 24.3 Å². The molecule has 0 heterocycles. The van der Waals surface area contributed by atoms with E-state index in [2.05, 4.69) is 24.1 Å². The molecule has 2 nitrogen and oxygen atoms in total. The van der Waals surface area contributed by atoms with Crippen LogP contribution in [0.25, 0.3) is 0 Å². The Hall–Kier alpha value is -0.570. The Labute approximate surface area is 96.0 Å². The Bertz CT molecular complexity index is 347. The average Bonchev–Trinajstić information content (AvgIpc) is 3.00. The fraction of sp³-hybridized carbons (Fsp3) is 0.500. The number of rotatable bonds is 4. The van der Waals surface area contributed by atoms with E-state index in [9.17, 15) is 0 Å². The highest BCUT2D eigenvalue weighted by atomic mass is 35.5. The van der Waals surface area contributed by atoms with Gasteiger partial charge in [0.05, 0.1) is 0 Å². The van der Waals surface area contributed by atoms with Gasteiger partial charge in [0.25, 0.3) is 0 Å². The first-order valence-electron chi connectivity index (χ1n) is 5.37. The van der Waals surface area contributed by atoms with Crippen LogP contribution in [0.1, 0.15) is 18.4 Å². The van der Waals surface area contributed by atoms with Gasteiger partial charge in [0.2, 0.25) is 0 Å². The summed E-state index contributed by atoms with van der Waals surface area (Å²) in [6.45, 7) is 1.62. The molecule has 0 saturated heterocycles. The van der Waals surface area contributed by atoms with Gasteiger partial charge in [-0.15, -0.1) is 0 Å². The normalized spacial score (nSPS) is 18.1. The number of nitrogens with zero attached hydrogens (tertiary/aromatic N) is 1. The molecule has 1 saturated carbocycles. The summed E-state index contributed by atoms with van der Waals surface area (Å²) in [4.78, 5) is 2.33. The summed E-state index contributed by atoms with van der Waals surface area (Å²) >= 11 is 6.24. The van der Waals surface area contributed by atoms with E-state index in [0.717, 1.165) is 11.6 Å². The zero-order valence-corrected chi connectivity index (χ0v) is 9.80. The second-order valence-electron chi connectivity index (χ2n) is 4.22. The number of nitrogens with two attached hydrogens (primary N) is 1. The number of hydrogen-bond donors (Lipinski definition) is 1. The summed E-state index contributed by atoms with van der Waals surface area (Å²) in [7, 11) is 2.13. The summed E-state index contributed by atoms with van der Waals surface area (Å²) < 4.78 is 0. The number of hydrogen-bond acceptors (Lipinski definition) is 2. The monoisotopic (exact) mass is 224 g/mol. The third-order valence-corrected chi connectivity index (χ3v) is 3.62. The van der Waals surface area contributed by atoms with Crippen LogP contribution in [0.5, 0.6) is 0 Å². The van der Waals surface area contributed by atoms with Gasteiger partial charge >= 0.3 is 0 Å².